The third kappa shape index (κ3) is 6.94. The van der Waals surface area contributed by atoms with Gasteiger partial charge in [0.2, 0.25) is 0 Å². The minimum atomic E-state index is -3.19. The number of nitrogens with one attached hydrogen (secondary N) is 1. The van der Waals surface area contributed by atoms with Crippen molar-refractivity contribution in [2.45, 2.75) is 51.1 Å². The molecule has 1 fully saturated rings. The van der Waals surface area contributed by atoms with Crippen LogP contribution in [0.4, 0.5) is 14.5 Å². The minimum Gasteiger partial charge on any atom is -0.465 e. The highest BCUT2D eigenvalue weighted by Crippen LogP contribution is 2.40. The Labute approximate surface area is 240 Å². The number of alkyl halides is 2. The predicted molar refractivity (Wildman–Crippen MR) is 154 cm³/mol. The van der Waals surface area contributed by atoms with E-state index in [1.54, 1.807) is 12.1 Å². The van der Waals surface area contributed by atoms with Crippen LogP contribution in [-0.4, -0.2) is 35.6 Å². The highest BCUT2D eigenvalue weighted by atomic mass is 32.1. The number of rotatable bonds is 9. The third-order valence-electron chi connectivity index (χ3n) is 7.29. The number of amides is 1. The fourth-order valence-corrected chi connectivity index (χ4v) is 6.19. The lowest BCUT2D eigenvalue weighted by Crippen LogP contribution is -2.19. The standard InChI is InChI=1S/C31H31F2N3O4S/c1-31(32,33)27-10-6-9-23(34-27)28(37)35-24-16-26-25(15-22(24)30(38)39-2)36-29(41-26)21-13-11-20(12-14-21)18-40-17-19-7-4-3-5-8-19/h3-10,15-16,20-21H,11-14,17-18H2,1-2H3,(H,35,37). The number of ether oxygens (including phenoxy) is 2. The third-order valence-corrected chi connectivity index (χ3v) is 8.47. The van der Waals surface area contributed by atoms with Crippen molar-refractivity contribution < 1.29 is 27.8 Å². The van der Waals surface area contributed by atoms with E-state index >= 15 is 0 Å². The van der Waals surface area contributed by atoms with Crippen LogP contribution in [0, 0.1) is 5.92 Å². The van der Waals surface area contributed by atoms with Crippen molar-refractivity contribution in [3.63, 3.8) is 0 Å². The fourth-order valence-electron chi connectivity index (χ4n) is 5.03. The molecule has 2 aromatic heterocycles. The van der Waals surface area contributed by atoms with Crippen molar-refractivity contribution in [1.29, 1.82) is 0 Å². The number of anilines is 1. The number of halogens is 2. The summed E-state index contributed by atoms with van der Waals surface area (Å²) in [6, 6.07) is 17.3. The van der Waals surface area contributed by atoms with Crippen molar-refractivity contribution in [3.8, 4) is 0 Å². The van der Waals surface area contributed by atoms with Gasteiger partial charge >= 0.3 is 5.97 Å². The van der Waals surface area contributed by atoms with Gasteiger partial charge in [-0.2, -0.15) is 8.78 Å². The fraction of sp³-hybridized carbons (Fsp3) is 0.355. The van der Waals surface area contributed by atoms with Gasteiger partial charge in [0, 0.05) is 19.4 Å². The molecule has 7 nitrogen and oxygen atoms in total. The van der Waals surface area contributed by atoms with Gasteiger partial charge in [0.15, 0.2) is 0 Å². The first-order valence-corrected chi connectivity index (χ1v) is 14.3. The number of carbonyl (C=O) groups is 2. The predicted octanol–water partition coefficient (Wildman–Crippen LogP) is 7.33. The van der Waals surface area contributed by atoms with Gasteiger partial charge in [-0.25, -0.2) is 14.8 Å². The lowest BCUT2D eigenvalue weighted by atomic mass is 9.83. The van der Waals surface area contributed by atoms with Crippen LogP contribution in [0.1, 0.15) is 75.6 Å². The molecule has 10 heteroatoms. The van der Waals surface area contributed by atoms with Gasteiger partial charge in [-0.3, -0.25) is 4.79 Å². The number of thiazole rings is 1. The molecular weight excluding hydrogens is 548 g/mol. The van der Waals surface area contributed by atoms with Gasteiger partial charge in [0.25, 0.3) is 11.8 Å². The van der Waals surface area contributed by atoms with Crippen LogP contribution in [0.25, 0.3) is 10.2 Å². The molecule has 1 aliphatic carbocycles. The van der Waals surface area contributed by atoms with Gasteiger partial charge in [-0.15, -0.1) is 11.3 Å². The van der Waals surface area contributed by atoms with Crippen molar-refractivity contribution >= 4 is 39.1 Å². The number of methoxy groups -OCH3 is 1. The van der Waals surface area contributed by atoms with E-state index in [0.717, 1.165) is 48.1 Å². The zero-order valence-corrected chi connectivity index (χ0v) is 23.7. The number of hydrogen-bond acceptors (Lipinski definition) is 7. The van der Waals surface area contributed by atoms with Crippen LogP contribution in [-0.2, 0) is 22.0 Å². The highest BCUT2D eigenvalue weighted by molar-refractivity contribution is 7.18. The monoisotopic (exact) mass is 579 g/mol. The van der Waals surface area contributed by atoms with Crippen molar-refractivity contribution in [3.05, 3.63) is 88.2 Å². The Morgan fingerprint density at radius 2 is 1.78 bits per heavy atom. The zero-order chi connectivity index (χ0) is 29.0. The number of nitrogens with zero attached hydrogens (tertiary/aromatic N) is 2. The first-order chi connectivity index (χ1) is 19.7. The molecule has 0 atom stereocenters. The lowest BCUT2D eigenvalue weighted by molar-refractivity contribution is 0.0126. The van der Waals surface area contributed by atoms with Crippen LogP contribution in [0.2, 0.25) is 0 Å². The van der Waals surface area contributed by atoms with Crippen molar-refractivity contribution in [1.82, 2.24) is 9.97 Å². The Morgan fingerprint density at radius 1 is 1.02 bits per heavy atom. The van der Waals surface area contributed by atoms with Crippen LogP contribution < -0.4 is 5.32 Å². The van der Waals surface area contributed by atoms with Gasteiger partial charge < -0.3 is 14.8 Å². The number of fused-ring (bicyclic) bond motifs is 1. The second kappa shape index (κ2) is 12.4. The maximum Gasteiger partial charge on any atom is 0.340 e. The highest BCUT2D eigenvalue weighted by Gasteiger charge is 2.28. The molecular formula is C31H31F2N3O4S. The number of hydrogen-bond donors (Lipinski definition) is 1. The Kier molecular flexibility index (Phi) is 8.70. The molecule has 2 aromatic carbocycles. The van der Waals surface area contributed by atoms with E-state index in [0.29, 0.717) is 30.9 Å². The number of aromatic nitrogens is 2. The van der Waals surface area contributed by atoms with E-state index in [1.165, 1.54) is 36.1 Å². The molecule has 5 rings (SSSR count). The maximum absolute atomic E-state index is 13.7. The Hall–Kier alpha value is -3.76. The van der Waals surface area contributed by atoms with E-state index < -0.39 is 23.5 Å². The topological polar surface area (TPSA) is 90.4 Å². The number of pyridine rings is 1. The van der Waals surface area contributed by atoms with Crippen LogP contribution in [0.15, 0.2) is 60.7 Å². The van der Waals surface area contributed by atoms with Gasteiger partial charge in [-0.1, -0.05) is 36.4 Å². The molecule has 41 heavy (non-hydrogen) atoms. The van der Waals surface area contributed by atoms with E-state index in [4.69, 9.17) is 14.5 Å². The summed E-state index contributed by atoms with van der Waals surface area (Å²) in [7, 11) is 1.25. The molecule has 4 aromatic rings. The number of benzene rings is 2. The van der Waals surface area contributed by atoms with Crippen molar-refractivity contribution in [2.75, 3.05) is 19.0 Å². The lowest BCUT2D eigenvalue weighted by Gasteiger charge is -2.27. The second-order valence-corrected chi connectivity index (χ2v) is 11.4. The average Bonchev–Trinajstić information content (AvgIpc) is 3.40. The summed E-state index contributed by atoms with van der Waals surface area (Å²) in [5.74, 6) is -3.73. The summed E-state index contributed by atoms with van der Waals surface area (Å²) in [6.07, 6.45) is 4.09. The van der Waals surface area contributed by atoms with E-state index in [1.807, 2.05) is 18.2 Å². The molecule has 0 radical (unpaired) electrons. The van der Waals surface area contributed by atoms with E-state index in [2.05, 4.69) is 22.4 Å². The molecule has 1 N–H and O–H groups in total. The van der Waals surface area contributed by atoms with Gasteiger partial charge in [-0.05, 0) is 61.4 Å². The largest absolute Gasteiger partial charge is 0.465 e. The summed E-state index contributed by atoms with van der Waals surface area (Å²) in [5, 5.41) is 3.65. The Morgan fingerprint density at radius 3 is 2.49 bits per heavy atom. The maximum atomic E-state index is 13.7. The summed E-state index contributed by atoms with van der Waals surface area (Å²) in [6.45, 7) is 2.07. The second-order valence-electron chi connectivity index (χ2n) is 10.4. The normalized spacial score (nSPS) is 17.4. The molecule has 0 unspecified atom stereocenters. The SMILES string of the molecule is COC(=O)c1cc2nc(C3CCC(COCc4ccccc4)CC3)sc2cc1NC(=O)c1cccc(C(C)(F)F)n1. The molecule has 1 saturated carbocycles. The average molecular weight is 580 g/mol. The summed E-state index contributed by atoms with van der Waals surface area (Å²) >= 11 is 1.53. The summed E-state index contributed by atoms with van der Waals surface area (Å²) in [5.41, 5.74) is 1.45. The zero-order valence-electron chi connectivity index (χ0n) is 22.9. The molecule has 0 aliphatic heterocycles. The molecule has 2 heterocycles. The van der Waals surface area contributed by atoms with Gasteiger partial charge in [0.05, 0.1) is 40.2 Å². The molecule has 0 spiro atoms. The number of carbonyl (C=O) groups excluding carboxylic acids is 2. The molecule has 214 valence electrons. The smallest absolute Gasteiger partial charge is 0.340 e. The van der Waals surface area contributed by atoms with Crippen LogP contribution in [0.5, 0.6) is 0 Å². The Bertz CT molecular complexity index is 1530. The van der Waals surface area contributed by atoms with Crippen LogP contribution >= 0.6 is 11.3 Å². The number of esters is 1. The van der Waals surface area contributed by atoms with Gasteiger partial charge in [0.1, 0.15) is 11.4 Å². The summed E-state index contributed by atoms with van der Waals surface area (Å²) in [4.78, 5) is 34.2. The quantitative estimate of drug-likeness (QED) is 0.209. The molecule has 1 amide bonds. The summed E-state index contributed by atoms with van der Waals surface area (Å²) < 4.78 is 39.2. The van der Waals surface area contributed by atoms with Crippen molar-refractivity contribution in [2.24, 2.45) is 5.92 Å². The molecule has 0 bridgehead atoms. The first kappa shape index (κ1) is 28.8. The molecule has 0 saturated heterocycles. The molecule has 1 aliphatic rings. The Balaban J connectivity index is 1.28. The minimum absolute atomic E-state index is 0.126. The van der Waals surface area contributed by atoms with E-state index in [9.17, 15) is 18.4 Å². The first-order valence-electron chi connectivity index (χ1n) is 13.5. The van der Waals surface area contributed by atoms with E-state index in [-0.39, 0.29) is 16.9 Å². The van der Waals surface area contributed by atoms with Crippen LogP contribution in [0.3, 0.4) is 0 Å².